The van der Waals surface area contributed by atoms with Crippen LogP contribution >= 0.6 is 11.6 Å². The SMILES string of the molecule is O=C(Nc1ccc(Cl)cc1)c1cc(N2CCN(c3ccccn3)CC2)ccn1. The molecule has 7 heteroatoms. The highest BCUT2D eigenvalue weighted by molar-refractivity contribution is 6.30. The van der Waals surface area contributed by atoms with E-state index in [1.165, 1.54) is 0 Å². The van der Waals surface area contributed by atoms with Crippen molar-refractivity contribution in [2.24, 2.45) is 0 Å². The van der Waals surface area contributed by atoms with Gasteiger partial charge in [0.1, 0.15) is 11.5 Å². The maximum absolute atomic E-state index is 12.5. The molecule has 1 saturated heterocycles. The number of anilines is 3. The second kappa shape index (κ2) is 8.27. The fourth-order valence-electron chi connectivity index (χ4n) is 3.20. The first-order valence-corrected chi connectivity index (χ1v) is 9.51. The molecule has 1 aliphatic heterocycles. The van der Waals surface area contributed by atoms with Crippen LogP contribution in [0.3, 0.4) is 0 Å². The normalized spacial score (nSPS) is 14.0. The average molecular weight is 394 g/mol. The van der Waals surface area contributed by atoms with Crippen molar-refractivity contribution in [2.75, 3.05) is 41.3 Å². The lowest BCUT2D eigenvalue weighted by atomic mass is 10.2. The van der Waals surface area contributed by atoms with Crippen LogP contribution in [-0.2, 0) is 0 Å². The van der Waals surface area contributed by atoms with Gasteiger partial charge in [-0.05, 0) is 48.5 Å². The lowest BCUT2D eigenvalue weighted by molar-refractivity contribution is 0.102. The second-order valence-electron chi connectivity index (χ2n) is 6.52. The zero-order chi connectivity index (χ0) is 19.3. The molecule has 0 bridgehead atoms. The molecule has 142 valence electrons. The van der Waals surface area contributed by atoms with E-state index in [1.807, 2.05) is 36.5 Å². The van der Waals surface area contributed by atoms with E-state index in [0.717, 1.165) is 37.7 Å². The second-order valence-corrected chi connectivity index (χ2v) is 6.96. The Labute approximate surface area is 168 Å². The number of piperazine rings is 1. The summed E-state index contributed by atoms with van der Waals surface area (Å²) in [5, 5.41) is 3.48. The van der Waals surface area contributed by atoms with Crippen molar-refractivity contribution in [3.8, 4) is 0 Å². The summed E-state index contributed by atoms with van der Waals surface area (Å²) < 4.78 is 0. The topological polar surface area (TPSA) is 61.4 Å². The molecule has 0 unspecified atom stereocenters. The number of carbonyl (C=O) groups is 1. The average Bonchev–Trinajstić information content (AvgIpc) is 2.76. The fourth-order valence-corrected chi connectivity index (χ4v) is 3.33. The Balaban J connectivity index is 1.41. The molecule has 28 heavy (non-hydrogen) atoms. The largest absolute Gasteiger partial charge is 0.368 e. The number of pyridine rings is 2. The minimum Gasteiger partial charge on any atom is -0.368 e. The van der Waals surface area contributed by atoms with Gasteiger partial charge < -0.3 is 15.1 Å². The number of rotatable bonds is 4. The molecule has 3 heterocycles. The Morgan fingerprint density at radius 2 is 1.64 bits per heavy atom. The molecule has 1 aliphatic rings. The van der Waals surface area contributed by atoms with Gasteiger partial charge in [-0.15, -0.1) is 0 Å². The van der Waals surface area contributed by atoms with Gasteiger partial charge >= 0.3 is 0 Å². The zero-order valence-corrected chi connectivity index (χ0v) is 16.0. The van der Waals surface area contributed by atoms with Crippen molar-refractivity contribution in [1.82, 2.24) is 9.97 Å². The van der Waals surface area contributed by atoms with Gasteiger partial charge in [-0.3, -0.25) is 9.78 Å². The Morgan fingerprint density at radius 1 is 0.893 bits per heavy atom. The number of aromatic nitrogens is 2. The number of hydrogen-bond acceptors (Lipinski definition) is 5. The molecular weight excluding hydrogens is 374 g/mol. The van der Waals surface area contributed by atoms with Crippen molar-refractivity contribution in [3.05, 3.63) is 77.7 Å². The van der Waals surface area contributed by atoms with E-state index in [9.17, 15) is 4.79 Å². The van der Waals surface area contributed by atoms with Crippen molar-refractivity contribution < 1.29 is 4.79 Å². The summed E-state index contributed by atoms with van der Waals surface area (Å²) in [6.07, 6.45) is 3.49. The number of carbonyl (C=O) groups excluding carboxylic acids is 1. The number of amides is 1. The summed E-state index contributed by atoms with van der Waals surface area (Å²) in [6, 6.07) is 16.7. The van der Waals surface area contributed by atoms with Crippen LogP contribution in [0.2, 0.25) is 5.02 Å². The van der Waals surface area contributed by atoms with Crippen molar-refractivity contribution in [3.63, 3.8) is 0 Å². The molecule has 2 aromatic heterocycles. The third kappa shape index (κ3) is 4.23. The van der Waals surface area contributed by atoms with Gasteiger partial charge in [-0.1, -0.05) is 17.7 Å². The molecule has 1 aromatic carbocycles. The van der Waals surface area contributed by atoms with Crippen molar-refractivity contribution in [1.29, 1.82) is 0 Å². The van der Waals surface area contributed by atoms with Gasteiger partial charge in [0.25, 0.3) is 5.91 Å². The van der Waals surface area contributed by atoms with Crippen LogP contribution < -0.4 is 15.1 Å². The molecule has 0 saturated carbocycles. The summed E-state index contributed by atoms with van der Waals surface area (Å²) in [4.78, 5) is 25.7. The van der Waals surface area contributed by atoms with E-state index in [-0.39, 0.29) is 5.91 Å². The van der Waals surface area contributed by atoms with Crippen LogP contribution in [0.5, 0.6) is 0 Å². The molecule has 1 amide bonds. The van der Waals surface area contributed by atoms with E-state index in [0.29, 0.717) is 16.4 Å². The van der Waals surface area contributed by atoms with E-state index in [1.54, 1.807) is 30.5 Å². The first-order chi connectivity index (χ1) is 13.7. The summed E-state index contributed by atoms with van der Waals surface area (Å²) in [6.45, 7) is 3.48. The third-order valence-electron chi connectivity index (χ3n) is 4.70. The molecule has 0 radical (unpaired) electrons. The first kappa shape index (κ1) is 18.3. The molecular formula is C21H20ClN5O. The Bertz CT molecular complexity index is 941. The minimum atomic E-state index is -0.240. The summed E-state index contributed by atoms with van der Waals surface area (Å²) in [5.41, 5.74) is 2.07. The van der Waals surface area contributed by atoms with Gasteiger partial charge in [0.05, 0.1) is 0 Å². The summed E-state index contributed by atoms with van der Waals surface area (Å²) in [7, 11) is 0. The van der Waals surface area contributed by atoms with Crippen LogP contribution in [0.25, 0.3) is 0 Å². The number of nitrogens with one attached hydrogen (secondary N) is 1. The minimum absolute atomic E-state index is 0.240. The molecule has 6 nitrogen and oxygen atoms in total. The zero-order valence-electron chi connectivity index (χ0n) is 15.3. The van der Waals surface area contributed by atoms with Crippen LogP contribution in [0.1, 0.15) is 10.5 Å². The predicted octanol–water partition coefficient (Wildman–Crippen LogP) is 3.71. The van der Waals surface area contributed by atoms with Crippen LogP contribution in [0.15, 0.2) is 67.0 Å². The standard InChI is InChI=1S/C21H20ClN5O/c22-16-4-6-17(7-5-16)25-21(28)19-15-18(8-10-23-19)26-11-13-27(14-12-26)20-3-1-2-9-24-20/h1-10,15H,11-14H2,(H,25,28). The van der Waals surface area contributed by atoms with Crippen LogP contribution in [-0.4, -0.2) is 42.1 Å². The number of halogens is 1. The Kier molecular flexibility index (Phi) is 5.39. The summed E-state index contributed by atoms with van der Waals surface area (Å²) >= 11 is 5.88. The van der Waals surface area contributed by atoms with Crippen molar-refractivity contribution >= 4 is 34.7 Å². The highest BCUT2D eigenvalue weighted by Crippen LogP contribution is 2.20. The smallest absolute Gasteiger partial charge is 0.274 e. The molecule has 0 atom stereocenters. The van der Waals surface area contributed by atoms with Crippen molar-refractivity contribution in [2.45, 2.75) is 0 Å². The summed E-state index contributed by atoms with van der Waals surface area (Å²) in [5.74, 6) is 0.760. The maximum atomic E-state index is 12.5. The van der Waals surface area contributed by atoms with Gasteiger partial charge in [0.2, 0.25) is 0 Å². The Morgan fingerprint density at radius 3 is 2.36 bits per heavy atom. The van der Waals surface area contributed by atoms with E-state index in [4.69, 9.17) is 11.6 Å². The van der Waals surface area contributed by atoms with Gasteiger partial charge in [0, 0.05) is 55.0 Å². The van der Waals surface area contributed by atoms with E-state index in [2.05, 4.69) is 25.1 Å². The number of benzene rings is 1. The quantitative estimate of drug-likeness (QED) is 0.732. The molecule has 0 spiro atoms. The molecule has 4 rings (SSSR count). The van der Waals surface area contributed by atoms with E-state index < -0.39 is 0 Å². The van der Waals surface area contributed by atoms with Crippen LogP contribution in [0.4, 0.5) is 17.2 Å². The number of nitrogens with zero attached hydrogens (tertiary/aromatic N) is 4. The first-order valence-electron chi connectivity index (χ1n) is 9.13. The van der Waals surface area contributed by atoms with Crippen LogP contribution in [0, 0.1) is 0 Å². The highest BCUT2D eigenvalue weighted by atomic mass is 35.5. The lowest BCUT2D eigenvalue weighted by Gasteiger charge is -2.36. The lowest BCUT2D eigenvalue weighted by Crippen LogP contribution is -2.46. The molecule has 3 aromatic rings. The predicted molar refractivity (Wildman–Crippen MR) is 112 cm³/mol. The molecule has 1 fully saturated rings. The van der Waals surface area contributed by atoms with E-state index >= 15 is 0 Å². The third-order valence-corrected chi connectivity index (χ3v) is 4.95. The maximum Gasteiger partial charge on any atom is 0.274 e. The van der Waals surface area contributed by atoms with Gasteiger partial charge in [0.15, 0.2) is 0 Å². The fraction of sp³-hybridized carbons (Fsp3) is 0.190. The van der Waals surface area contributed by atoms with Gasteiger partial charge in [-0.25, -0.2) is 4.98 Å². The monoisotopic (exact) mass is 393 g/mol. The van der Waals surface area contributed by atoms with Gasteiger partial charge in [-0.2, -0.15) is 0 Å². The Hall–Kier alpha value is -3.12. The number of hydrogen-bond donors (Lipinski definition) is 1. The highest BCUT2D eigenvalue weighted by Gasteiger charge is 2.19. The molecule has 1 N–H and O–H groups in total. The molecule has 0 aliphatic carbocycles.